The van der Waals surface area contributed by atoms with Gasteiger partial charge in [-0.2, -0.15) is 0 Å². The monoisotopic (exact) mass is 254 g/mol. The van der Waals surface area contributed by atoms with Crippen LogP contribution in [0.2, 0.25) is 5.02 Å². The Bertz CT molecular complexity index is 424. The molecule has 17 heavy (non-hydrogen) atoms. The third-order valence-electron chi connectivity index (χ3n) is 2.47. The van der Waals surface area contributed by atoms with Crippen LogP contribution in [0.25, 0.3) is 0 Å². The fourth-order valence-corrected chi connectivity index (χ4v) is 1.79. The van der Waals surface area contributed by atoms with Crippen LogP contribution in [-0.2, 0) is 11.3 Å². The minimum Gasteiger partial charge on any atom is -0.399 e. The van der Waals surface area contributed by atoms with Gasteiger partial charge in [-0.05, 0) is 23.8 Å². The van der Waals surface area contributed by atoms with E-state index in [2.05, 4.69) is 0 Å². The normalized spacial score (nSPS) is 11.4. The molecule has 0 saturated heterocycles. The maximum absolute atomic E-state index is 12.0. The van der Waals surface area contributed by atoms with Crippen LogP contribution in [0, 0.1) is 5.41 Å². The standard InChI is InChI=1S/C13H19ClN2O/c1-13(2,3)12(17)16(4)8-9-7-10(15)5-6-11(9)14/h5-7H,8,15H2,1-4H3. The number of hydrogen-bond acceptors (Lipinski definition) is 2. The Balaban J connectivity index is 2.85. The number of rotatable bonds is 2. The molecule has 0 fully saturated rings. The van der Waals surface area contributed by atoms with E-state index in [0.29, 0.717) is 17.3 Å². The summed E-state index contributed by atoms with van der Waals surface area (Å²) < 4.78 is 0. The zero-order valence-corrected chi connectivity index (χ0v) is 11.5. The minimum atomic E-state index is -0.387. The molecule has 0 atom stereocenters. The van der Waals surface area contributed by atoms with Crippen LogP contribution in [0.1, 0.15) is 26.3 Å². The van der Waals surface area contributed by atoms with E-state index in [1.165, 1.54) is 0 Å². The molecule has 3 nitrogen and oxygen atoms in total. The van der Waals surface area contributed by atoms with E-state index in [4.69, 9.17) is 17.3 Å². The van der Waals surface area contributed by atoms with Crippen molar-refractivity contribution in [3.05, 3.63) is 28.8 Å². The Labute approximate surface area is 108 Å². The second-order valence-corrected chi connectivity index (χ2v) is 5.67. The fraction of sp³-hybridized carbons (Fsp3) is 0.462. The van der Waals surface area contributed by atoms with Gasteiger partial charge in [-0.15, -0.1) is 0 Å². The lowest BCUT2D eigenvalue weighted by Gasteiger charge is -2.26. The molecule has 4 heteroatoms. The first-order chi connectivity index (χ1) is 7.71. The predicted octanol–water partition coefficient (Wildman–Crippen LogP) is 2.93. The largest absolute Gasteiger partial charge is 0.399 e. The highest BCUT2D eigenvalue weighted by Crippen LogP contribution is 2.23. The highest BCUT2D eigenvalue weighted by molar-refractivity contribution is 6.31. The van der Waals surface area contributed by atoms with E-state index >= 15 is 0 Å². The number of anilines is 1. The molecule has 0 saturated carbocycles. The summed E-state index contributed by atoms with van der Waals surface area (Å²) in [5, 5.41) is 0.632. The quantitative estimate of drug-likeness (QED) is 0.825. The zero-order valence-electron chi connectivity index (χ0n) is 10.7. The Morgan fingerprint density at radius 2 is 2.00 bits per heavy atom. The van der Waals surface area contributed by atoms with Crippen LogP contribution >= 0.6 is 11.6 Å². The van der Waals surface area contributed by atoms with Crippen molar-refractivity contribution in [1.29, 1.82) is 0 Å². The molecule has 0 radical (unpaired) electrons. The third kappa shape index (κ3) is 3.63. The van der Waals surface area contributed by atoms with E-state index in [1.807, 2.05) is 20.8 Å². The summed E-state index contributed by atoms with van der Waals surface area (Å²) in [6.07, 6.45) is 0. The lowest BCUT2D eigenvalue weighted by atomic mass is 9.95. The number of nitrogens with two attached hydrogens (primary N) is 1. The van der Waals surface area contributed by atoms with E-state index in [1.54, 1.807) is 30.1 Å². The molecule has 0 aliphatic carbocycles. The van der Waals surface area contributed by atoms with Crippen LogP contribution in [0.15, 0.2) is 18.2 Å². The third-order valence-corrected chi connectivity index (χ3v) is 2.83. The van der Waals surface area contributed by atoms with Gasteiger partial charge < -0.3 is 10.6 Å². The molecule has 1 rings (SSSR count). The van der Waals surface area contributed by atoms with Crippen molar-refractivity contribution in [3.8, 4) is 0 Å². The summed E-state index contributed by atoms with van der Waals surface area (Å²) in [5.74, 6) is 0.0796. The van der Waals surface area contributed by atoms with Gasteiger partial charge in [0.05, 0.1) is 0 Å². The first kappa shape index (κ1) is 13.8. The molecular formula is C13H19ClN2O. The summed E-state index contributed by atoms with van der Waals surface area (Å²) in [4.78, 5) is 13.7. The van der Waals surface area contributed by atoms with Crippen molar-refractivity contribution < 1.29 is 4.79 Å². The fourth-order valence-electron chi connectivity index (χ4n) is 1.62. The molecule has 94 valence electrons. The average Bonchev–Trinajstić information content (AvgIpc) is 2.21. The number of amides is 1. The Hall–Kier alpha value is -1.22. The second-order valence-electron chi connectivity index (χ2n) is 5.26. The van der Waals surface area contributed by atoms with Gasteiger partial charge in [0.15, 0.2) is 0 Å². The van der Waals surface area contributed by atoms with Crippen molar-refractivity contribution in [1.82, 2.24) is 4.90 Å². The molecule has 0 bridgehead atoms. The summed E-state index contributed by atoms with van der Waals surface area (Å²) in [6.45, 7) is 6.16. The molecule has 0 heterocycles. The summed E-state index contributed by atoms with van der Waals surface area (Å²) in [5.41, 5.74) is 6.84. The van der Waals surface area contributed by atoms with Gasteiger partial charge in [-0.25, -0.2) is 0 Å². The molecule has 0 aliphatic heterocycles. The number of nitrogen functional groups attached to an aromatic ring is 1. The van der Waals surface area contributed by atoms with Crippen molar-refractivity contribution in [2.45, 2.75) is 27.3 Å². The Morgan fingerprint density at radius 1 is 1.41 bits per heavy atom. The molecule has 0 aromatic heterocycles. The lowest BCUT2D eigenvalue weighted by Crippen LogP contribution is -2.36. The number of carbonyl (C=O) groups is 1. The van der Waals surface area contributed by atoms with Crippen molar-refractivity contribution in [2.75, 3.05) is 12.8 Å². The summed E-state index contributed by atoms with van der Waals surface area (Å²) in [6, 6.07) is 5.30. The average molecular weight is 255 g/mol. The van der Waals surface area contributed by atoms with Crippen LogP contribution in [-0.4, -0.2) is 17.9 Å². The molecule has 0 aliphatic rings. The van der Waals surface area contributed by atoms with E-state index in [0.717, 1.165) is 5.56 Å². The minimum absolute atomic E-state index is 0.0796. The molecular weight excluding hydrogens is 236 g/mol. The van der Waals surface area contributed by atoms with Gasteiger partial charge in [0.25, 0.3) is 0 Å². The molecule has 1 aromatic carbocycles. The summed E-state index contributed by atoms with van der Waals surface area (Å²) >= 11 is 6.07. The zero-order chi connectivity index (χ0) is 13.2. The lowest BCUT2D eigenvalue weighted by molar-refractivity contribution is -0.138. The maximum atomic E-state index is 12.0. The number of hydrogen-bond donors (Lipinski definition) is 1. The SMILES string of the molecule is CN(Cc1cc(N)ccc1Cl)C(=O)C(C)(C)C. The van der Waals surface area contributed by atoms with E-state index in [-0.39, 0.29) is 11.3 Å². The molecule has 0 unspecified atom stereocenters. The summed E-state index contributed by atoms with van der Waals surface area (Å²) in [7, 11) is 1.77. The number of benzene rings is 1. The number of halogens is 1. The first-order valence-corrected chi connectivity index (χ1v) is 5.89. The topological polar surface area (TPSA) is 46.3 Å². The van der Waals surface area contributed by atoms with Crippen molar-refractivity contribution >= 4 is 23.2 Å². The highest BCUT2D eigenvalue weighted by Gasteiger charge is 2.25. The first-order valence-electron chi connectivity index (χ1n) is 5.51. The van der Waals surface area contributed by atoms with Crippen molar-refractivity contribution in [3.63, 3.8) is 0 Å². The molecule has 1 aromatic rings. The maximum Gasteiger partial charge on any atom is 0.227 e. The molecule has 2 N–H and O–H groups in total. The van der Waals surface area contributed by atoms with Gasteiger partial charge in [0.1, 0.15) is 0 Å². The Morgan fingerprint density at radius 3 is 2.53 bits per heavy atom. The van der Waals surface area contributed by atoms with E-state index < -0.39 is 0 Å². The van der Waals surface area contributed by atoms with Gasteiger partial charge in [0.2, 0.25) is 5.91 Å². The molecule has 1 amide bonds. The molecule has 0 spiro atoms. The van der Waals surface area contributed by atoms with Crippen LogP contribution in [0.5, 0.6) is 0 Å². The number of nitrogens with zero attached hydrogens (tertiary/aromatic N) is 1. The smallest absolute Gasteiger partial charge is 0.227 e. The highest BCUT2D eigenvalue weighted by atomic mass is 35.5. The van der Waals surface area contributed by atoms with E-state index in [9.17, 15) is 4.79 Å². The van der Waals surface area contributed by atoms with Gasteiger partial charge in [0, 0.05) is 29.7 Å². The van der Waals surface area contributed by atoms with Crippen LogP contribution in [0.4, 0.5) is 5.69 Å². The van der Waals surface area contributed by atoms with Gasteiger partial charge in [-0.1, -0.05) is 32.4 Å². The van der Waals surface area contributed by atoms with Crippen LogP contribution < -0.4 is 5.73 Å². The predicted molar refractivity (Wildman–Crippen MR) is 71.8 cm³/mol. The number of carbonyl (C=O) groups excluding carboxylic acids is 1. The van der Waals surface area contributed by atoms with Gasteiger partial charge in [-0.3, -0.25) is 4.79 Å². The second kappa shape index (κ2) is 4.96. The van der Waals surface area contributed by atoms with Gasteiger partial charge >= 0.3 is 0 Å². The van der Waals surface area contributed by atoms with Crippen molar-refractivity contribution in [2.24, 2.45) is 5.41 Å². The Kier molecular flexibility index (Phi) is 4.04. The van der Waals surface area contributed by atoms with Crippen LogP contribution in [0.3, 0.4) is 0 Å².